The van der Waals surface area contributed by atoms with Crippen molar-refractivity contribution in [2.75, 3.05) is 5.32 Å². The Morgan fingerprint density at radius 3 is 2.47 bits per heavy atom. The van der Waals surface area contributed by atoms with Gasteiger partial charge in [-0.2, -0.15) is 0 Å². The number of nitrogens with zero attached hydrogens (tertiary/aromatic N) is 1. The maximum absolute atomic E-state index is 11.2. The Morgan fingerprint density at radius 2 is 2.00 bits per heavy atom. The van der Waals surface area contributed by atoms with E-state index in [1.807, 2.05) is 6.92 Å². The van der Waals surface area contributed by atoms with Crippen molar-refractivity contribution in [1.29, 1.82) is 0 Å². The standard InChI is InChI=1S/C11H16N4OS/c1-6-4-7(9(12)17)5-8(14-6)15-11(2,3)10(13)16/h4-5H,1-3H3,(H2,12,17)(H2,13,16)(H,14,15). The van der Waals surface area contributed by atoms with Crippen molar-refractivity contribution in [3.05, 3.63) is 23.4 Å². The summed E-state index contributed by atoms with van der Waals surface area (Å²) in [6, 6.07) is 3.48. The lowest BCUT2D eigenvalue weighted by molar-refractivity contribution is -0.121. The quantitative estimate of drug-likeness (QED) is 0.686. The van der Waals surface area contributed by atoms with Gasteiger partial charge in [0.25, 0.3) is 0 Å². The second-order valence-corrected chi connectivity index (χ2v) is 4.80. The minimum atomic E-state index is -0.881. The molecule has 1 rings (SSSR count). The van der Waals surface area contributed by atoms with E-state index in [9.17, 15) is 4.79 Å². The summed E-state index contributed by atoms with van der Waals surface area (Å²) in [6.45, 7) is 5.18. The van der Waals surface area contributed by atoms with E-state index < -0.39 is 11.4 Å². The van der Waals surface area contributed by atoms with E-state index in [2.05, 4.69) is 10.3 Å². The van der Waals surface area contributed by atoms with Crippen LogP contribution in [0.4, 0.5) is 5.82 Å². The van der Waals surface area contributed by atoms with E-state index >= 15 is 0 Å². The highest BCUT2D eigenvalue weighted by atomic mass is 32.1. The first-order chi connectivity index (χ1) is 7.72. The van der Waals surface area contributed by atoms with Gasteiger partial charge in [0.2, 0.25) is 5.91 Å². The first-order valence-electron chi connectivity index (χ1n) is 5.09. The lowest BCUT2D eigenvalue weighted by atomic mass is 10.1. The van der Waals surface area contributed by atoms with Gasteiger partial charge in [-0.05, 0) is 32.9 Å². The lowest BCUT2D eigenvalue weighted by Gasteiger charge is -2.23. The lowest BCUT2D eigenvalue weighted by Crippen LogP contribution is -2.45. The SMILES string of the molecule is Cc1cc(C(N)=S)cc(NC(C)(C)C(N)=O)n1. The summed E-state index contributed by atoms with van der Waals surface area (Å²) in [5, 5.41) is 2.95. The van der Waals surface area contributed by atoms with Gasteiger partial charge in [0.15, 0.2) is 0 Å². The van der Waals surface area contributed by atoms with Gasteiger partial charge in [-0.3, -0.25) is 4.79 Å². The molecular weight excluding hydrogens is 236 g/mol. The summed E-state index contributed by atoms with van der Waals surface area (Å²) >= 11 is 4.90. The van der Waals surface area contributed by atoms with Crippen molar-refractivity contribution in [1.82, 2.24) is 4.98 Å². The molecule has 6 heteroatoms. The van der Waals surface area contributed by atoms with Crippen LogP contribution < -0.4 is 16.8 Å². The molecule has 1 aromatic rings. The fourth-order valence-corrected chi connectivity index (χ4v) is 1.37. The Labute approximate surface area is 106 Å². The molecule has 1 heterocycles. The summed E-state index contributed by atoms with van der Waals surface area (Å²) in [6.07, 6.45) is 0. The van der Waals surface area contributed by atoms with Crippen LogP contribution in [-0.2, 0) is 4.79 Å². The van der Waals surface area contributed by atoms with E-state index in [1.54, 1.807) is 26.0 Å². The average molecular weight is 252 g/mol. The van der Waals surface area contributed by atoms with Crippen LogP contribution in [0.1, 0.15) is 25.1 Å². The molecule has 0 saturated carbocycles. The maximum Gasteiger partial charge on any atom is 0.242 e. The van der Waals surface area contributed by atoms with Crippen LogP contribution in [0.15, 0.2) is 12.1 Å². The zero-order valence-corrected chi connectivity index (χ0v) is 10.9. The molecule has 0 unspecified atom stereocenters. The third kappa shape index (κ3) is 3.39. The van der Waals surface area contributed by atoms with Gasteiger partial charge in [-0.15, -0.1) is 0 Å². The number of hydrogen-bond donors (Lipinski definition) is 3. The van der Waals surface area contributed by atoms with E-state index in [0.717, 1.165) is 5.69 Å². The normalized spacial score (nSPS) is 11.0. The Hall–Kier alpha value is -1.69. The van der Waals surface area contributed by atoms with Gasteiger partial charge >= 0.3 is 0 Å². The summed E-state index contributed by atoms with van der Waals surface area (Å²) in [5.41, 5.74) is 11.4. The first-order valence-corrected chi connectivity index (χ1v) is 5.50. The molecule has 0 radical (unpaired) electrons. The van der Waals surface area contributed by atoms with Gasteiger partial charge in [0.1, 0.15) is 16.3 Å². The van der Waals surface area contributed by atoms with Gasteiger partial charge in [0, 0.05) is 11.3 Å². The largest absolute Gasteiger partial charge is 0.389 e. The minimum absolute atomic E-state index is 0.287. The van der Waals surface area contributed by atoms with Crippen molar-refractivity contribution < 1.29 is 4.79 Å². The Bertz CT molecular complexity index is 471. The molecule has 0 aromatic carbocycles. The van der Waals surface area contributed by atoms with Crippen molar-refractivity contribution in [3.63, 3.8) is 0 Å². The smallest absolute Gasteiger partial charge is 0.242 e. The number of hydrogen-bond acceptors (Lipinski definition) is 4. The highest BCUT2D eigenvalue weighted by molar-refractivity contribution is 7.80. The molecule has 0 aliphatic heterocycles. The van der Waals surface area contributed by atoms with Crippen LogP contribution in [0, 0.1) is 6.92 Å². The van der Waals surface area contributed by atoms with Crippen molar-refractivity contribution >= 4 is 28.9 Å². The number of anilines is 1. The number of aromatic nitrogens is 1. The molecule has 0 aliphatic rings. The zero-order valence-electron chi connectivity index (χ0n) is 10.1. The number of aryl methyl sites for hydroxylation is 1. The molecule has 92 valence electrons. The number of carbonyl (C=O) groups is 1. The second kappa shape index (κ2) is 4.67. The summed E-state index contributed by atoms with van der Waals surface area (Å²) < 4.78 is 0. The van der Waals surface area contributed by atoms with Crippen LogP contribution in [-0.4, -0.2) is 21.4 Å². The van der Waals surface area contributed by atoms with Crippen LogP contribution in [0.25, 0.3) is 0 Å². The monoisotopic (exact) mass is 252 g/mol. The molecule has 0 spiro atoms. The third-order valence-corrected chi connectivity index (χ3v) is 2.53. The number of thiocarbonyl (C=S) groups is 1. The van der Waals surface area contributed by atoms with Crippen LogP contribution in [0.3, 0.4) is 0 Å². The number of carbonyl (C=O) groups excluding carboxylic acids is 1. The number of primary amides is 1. The van der Waals surface area contributed by atoms with Crippen molar-refractivity contribution in [3.8, 4) is 0 Å². The Balaban J connectivity index is 3.07. The highest BCUT2D eigenvalue weighted by Crippen LogP contribution is 2.15. The number of amides is 1. The van der Waals surface area contributed by atoms with Gasteiger partial charge in [-0.25, -0.2) is 4.98 Å². The zero-order chi connectivity index (χ0) is 13.2. The molecule has 1 aromatic heterocycles. The summed E-state index contributed by atoms with van der Waals surface area (Å²) in [4.78, 5) is 15.7. The maximum atomic E-state index is 11.2. The number of nitrogens with two attached hydrogens (primary N) is 2. The molecule has 17 heavy (non-hydrogen) atoms. The average Bonchev–Trinajstić information content (AvgIpc) is 2.15. The summed E-state index contributed by atoms with van der Waals surface area (Å²) in [5.74, 6) is 0.0641. The summed E-state index contributed by atoms with van der Waals surface area (Å²) in [7, 11) is 0. The van der Waals surface area contributed by atoms with Crippen molar-refractivity contribution in [2.45, 2.75) is 26.3 Å². The topological polar surface area (TPSA) is 94.0 Å². The predicted octanol–water partition coefficient (Wildman–Crippen LogP) is 0.700. The molecule has 5 N–H and O–H groups in total. The molecule has 0 saturated heterocycles. The fourth-order valence-electron chi connectivity index (χ4n) is 1.26. The number of pyridine rings is 1. The van der Waals surface area contributed by atoms with Gasteiger partial charge < -0.3 is 16.8 Å². The highest BCUT2D eigenvalue weighted by Gasteiger charge is 2.25. The predicted molar refractivity (Wildman–Crippen MR) is 71.8 cm³/mol. The van der Waals surface area contributed by atoms with E-state index in [-0.39, 0.29) is 4.99 Å². The van der Waals surface area contributed by atoms with Crippen molar-refractivity contribution in [2.24, 2.45) is 11.5 Å². The molecule has 0 fully saturated rings. The van der Waals surface area contributed by atoms with E-state index in [4.69, 9.17) is 23.7 Å². The first kappa shape index (κ1) is 13.4. The van der Waals surface area contributed by atoms with Crippen LogP contribution >= 0.6 is 12.2 Å². The molecular formula is C11H16N4OS. The molecule has 5 nitrogen and oxygen atoms in total. The molecule has 0 bridgehead atoms. The van der Waals surface area contributed by atoms with Gasteiger partial charge in [-0.1, -0.05) is 12.2 Å². The van der Waals surface area contributed by atoms with Crippen LogP contribution in [0.2, 0.25) is 0 Å². The second-order valence-electron chi connectivity index (χ2n) is 4.36. The minimum Gasteiger partial charge on any atom is -0.389 e. The van der Waals surface area contributed by atoms with E-state index in [0.29, 0.717) is 11.4 Å². The molecule has 0 aliphatic carbocycles. The van der Waals surface area contributed by atoms with E-state index in [1.165, 1.54) is 0 Å². The third-order valence-electron chi connectivity index (χ3n) is 2.29. The number of rotatable bonds is 4. The molecule has 1 amide bonds. The van der Waals surface area contributed by atoms with Gasteiger partial charge in [0.05, 0.1) is 0 Å². The molecule has 0 atom stereocenters. The number of nitrogens with one attached hydrogen (secondary N) is 1. The Morgan fingerprint density at radius 1 is 1.41 bits per heavy atom. The Kier molecular flexibility index (Phi) is 3.67. The fraction of sp³-hybridized carbons (Fsp3) is 0.364. The van der Waals surface area contributed by atoms with Crippen LogP contribution in [0.5, 0.6) is 0 Å².